The van der Waals surface area contributed by atoms with Crippen molar-refractivity contribution in [2.45, 2.75) is 36.6 Å². The lowest BCUT2D eigenvalue weighted by molar-refractivity contribution is -0.139. The molecule has 3 aromatic carbocycles. The lowest BCUT2D eigenvalue weighted by atomic mass is 10.1. The van der Waals surface area contributed by atoms with Crippen molar-refractivity contribution in [3.63, 3.8) is 0 Å². The second kappa shape index (κ2) is 13.9. The standard InChI is InChI=1S/C30H34N6O6S/c31-30(32)33-17-7-6-12-27(37)34-22-15-13-20(14-16-22)18-24(29(39)40)35-28(38)26-19-21-8-4-5-11-25(21)36(26)43(41,42)23-9-2-1-3-10-23/h1-5,8-11,13-16,19,24,41-42H,6-7,12,17-18H2,(H,34,37)(H,35,38)(H,39,40)(H4,31,32,33)/t24-/m0/s1. The van der Waals surface area contributed by atoms with Gasteiger partial charge in [0.15, 0.2) is 5.96 Å². The number of aromatic nitrogens is 1. The van der Waals surface area contributed by atoms with Crippen LogP contribution in [0.5, 0.6) is 0 Å². The van der Waals surface area contributed by atoms with Gasteiger partial charge in [-0.3, -0.25) is 23.7 Å². The Morgan fingerprint density at radius 3 is 2.26 bits per heavy atom. The largest absolute Gasteiger partial charge is 0.480 e. The Morgan fingerprint density at radius 2 is 1.58 bits per heavy atom. The van der Waals surface area contributed by atoms with Crippen LogP contribution in [0.3, 0.4) is 0 Å². The average Bonchev–Trinajstić information content (AvgIpc) is 3.39. The number of hydrogen-bond donors (Lipinski definition) is 7. The van der Waals surface area contributed by atoms with Crippen LogP contribution in [0.15, 0.2) is 94.8 Å². The number of aliphatic imine (C=N–C) groups is 1. The number of guanidine groups is 1. The van der Waals surface area contributed by atoms with Crippen LogP contribution in [0.25, 0.3) is 10.9 Å². The summed E-state index contributed by atoms with van der Waals surface area (Å²) in [5, 5.41) is 15.8. The molecular formula is C30H34N6O6S. The second-order valence-electron chi connectivity index (χ2n) is 9.79. The fourth-order valence-electron chi connectivity index (χ4n) is 4.49. The SMILES string of the molecule is NC(N)=NCCCCC(=O)Nc1ccc(C[C@H](NC(=O)c2cc3ccccc3n2S(O)(O)c2ccccc2)C(=O)O)cc1. The minimum absolute atomic E-state index is 0.0128. The molecule has 0 spiro atoms. The van der Waals surface area contributed by atoms with Crippen molar-refractivity contribution in [2.75, 3.05) is 11.9 Å². The number of aliphatic carboxylic acids is 1. The predicted octanol–water partition coefficient (Wildman–Crippen LogP) is 4.02. The average molecular weight is 607 g/mol. The Morgan fingerprint density at radius 1 is 0.907 bits per heavy atom. The molecule has 4 aromatic rings. The number of nitrogens with one attached hydrogen (secondary N) is 2. The summed E-state index contributed by atoms with van der Waals surface area (Å²) in [6, 6.07) is 21.8. The highest BCUT2D eigenvalue weighted by molar-refractivity contribution is 8.23. The van der Waals surface area contributed by atoms with Crippen molar-refractivity contribution in [2.24, 2.45) is 16.5 Å². The van der Waals surface area contributed by atoms with E-state index in [1.54, 1.807) is 78.9 Å². The molecule has 12 nitrogen and oxygen atoms in total. The van der Waals surface area contributed by atoms with Crippen LogP contribution in [-0.4, -0.2) is 54.5 Å². The minimum Gasteiger partial charge on any atom is -0.480 e. The highest BCUT2D eigenvalue weighted by Gasteiger charge is 2.29. The number of benzene rings is 3. The molecule has 226 valence electrons. The van der Waals surface area contributed by atoms with E-state index < -0.39 is 28.7 Å². The number of carboxylic acid groups (broad SMARTS) is 1. The Hall–Kier alpha value is -4.85. The number of fused-ring (bicyclic) bond motifs is 1. The van der Waals surface area contributed by atoms with E-state index in [0.717, 1.165) is 3.97 Å². The number of para-hydroxylation sites is 1. The molecule has 0 saturated carbocycles. The summed E-state index contributed by atoms with van der Waals surface area (Å²) in [5.41, 5.74) is 12.0. The van der Waals surface area contributed by atoms with Crippen molar-refractivity contribution in [1.29, 1.82) is 0 Å². The normalized spacial score (nSPS) is 12.3. The van der Waals surface area contributed by atoms with Gasteiger partial charge < -0.3 is 27.2 Å². The highest BCUT2D eigenvalue weighted by Crippen LogP contribution is 2.52. The number of rotatable bonds is 13. The maximum atomic E-state index is 13.5. The number of unbranched alkanes of at least 4 members (excludes halogenated alkanes) is 1. The van der Waals surface area contributed by atoms with E-state index in [1.165, 1.54) is 6.07 Å². The molecule has 1 heterocycles. The minimum atomic E-state index is -3.68. The van der Waals surface area contributed by atoms with Gasteiger partial charge in [-0.2, -0.15) is 0 Å². The summed E-state index contributed by atoms with van der Waals surface area (Å²) in [5.74, 6) is -2.20. The summed E-state index contributed by atoms with van der Waals surface area (Å²) in [4.78, 5) is 41.9. The van der Waals surface area contributed by atoms with Gasteiger partial charge in [0.1, 0.15) is 11.7 Å². The lowest BCUT2D eigenvalue weighted by Crippen LogP contribution is -2.43. The Bertz CT molecular complexity index is 1620. The summed E-state index contributed by atoms with van der Waals surface area (Å²) < 4.78 is 23.7. The van der Waals surface area contributed by atoms with Crippen molar-refractivity contribution < 1.29 is 28.6 Å². The molecule has 0 unspecified atom stereocenters. The zero-order valence-corrected chi connectivity index (χ0v) is 24.0. The molecule has 1 aromatic heterocycles. The van der Waals surface area contributed by atoms with Crippen molar-refractivity contribution in [3.05, 3.63) is 96.2 Å². The molecule has 0 saturated heterocycles. The second-order valence-corrected chi connectivity index (χ2v) is 11.7. The first-order valence-corrected chi connectivity index (χ1v) is 15.0. The molecule has 43 heavy (non-hydrogen) atoms. The molecule has 2 amide bonds. The molecule has 0 fully saturated rings. The third-order valence-electron chi connectivity index (χ3n) is 6.60. The maximum Gasteiger partial charge on any atom is 0.326 e. The quantitative estimate of drug-likeness (QED) is 0.0670. The molecule has 1 atom stereocenters. The van der Waals surface area contributed by atoms with Gasteiger partial charge >= 0.3 is 5.97 Å². The number of carbonyl (C=O) groups excluding carboxylic acids is 2. The van der Waals surface area contributed by atoms with Gasteiger partial charge in [0.05, 0.1) is 10.4 Å². The monoisotopic (exact) mass is 606 g/mol. The van der Waals surface area contributed by atoms with E-state index in [0.29, 0.717) is 48.0 Å². The van der Waals surface area contributed by atoms with E-state index in [2.05, 4.69) is 15.6 Å². The van der Waals surface area contributed by atoms with Gasteiger partial charge in [-0.05, 0) is 54.8 Å². The zero-order valence-electron chi connectivity index (χ0n) is 23.2. The van der Waals surface area contributed by atoms with Crippen molar-refractivity contribution in [3.8, 4) is 0 Å². The first-order valence-electron chi connectivity index (χ1n) is 13.5. The first kappa shape index (κ1) is 31.1. The topological polar surface area (TPSA) is 205 Å². The number of anilines is 1. The summed E-state index contributed by atoms with van der Waals surface area (Å²) >= 11 is 0. The first-order chi connectivity index (χ1) is 20.6. The van der Waals surface area contributed by atoms with Crippen molar-refractivity contribution >= 4 is 51.1 Å². The third-order valence-corrected chi connectivity index (χ3v) is 8.41. The van der Waals surface area contributed by atoms with Crippen molar-refractivity contribution in [1.82, 2.24) is 9.29 Å². The maximum absolute atomic E-state index is 13.5. The summed E-state index contributed by atoms with van der Waals surface area (Å²) in [6.45, 7) is 0.447. The molecule has 0 radical (unpaired) electrons. The van der Waals surface area contributed by atoms with Crippen LogP contribution in [-0.2, 0) is 16.0 Å². The molecular weight excluding hydrogens is 572 g/mol. The summed E-state index contributed by atoms with van der Waals surface area (Å²) in [6.07, 6.45) is 1.52. The molecule has 0 aliphatic heterocycles. The fraction of sp³-hybridized carbons (Fsp3) is 0.200. The summed E-state index contributed by atoms with van der Waals surface area (Å²) in [7, 11) is -3.68. The number of nitrogens with zero attached hydrogens (tertiary/aromatic N) is 2. The molecule has 0 aliphatic carbocycles. The van der Waals surface area contributed by atoms with Crippen LogP contribution in [0.2, 0.25) is 0 Å². The van der Waals surface area contributed by atoms with Gasteiger partial charge in [0, 0.05) is 30.5 Å². The van der Waals surface area contributed by atoms with Crippen LogP contribution in [0, 0.1) is 0 Å². The molecule has 0 aliphatic rings. The highest BCUT2D eigenvalue weighted by atomic mass is 32.3. The molecule has 13 heteroatoms. The Kier molecular flexibility index (Phi) is 10.0. The van der Waals surface area contributed by atoms with E-state index >= 15 is 0 Å². The van der Waals surface area contributed by atoms with E-state index in [-0.39, 0.29) is 28.9 Å². The fourth-order valence-corrected chi connectivity index (χ4v) is 6.08. The van der Waals surface area contributed by atoms with Gasteiger partial charge in [-0.15, -0.1) is 0 Å². The third kappa shape index (κ3) is 7.92. The number of nitrogens with two attached hydrogens (primary N) is 2. The number of carboxylic acids is 1. The number of hydrogen-bond acceptors (Lipinski definition) is 6. The smallest absolute Gasteiger partial charge is 0.326 e. The van der Waals surface area contributed by atoms with Crippen LogP contribution in [0.4, 0.5) is 5.69 Å². The zero-order chi connectivity index (χ0) is 31.0. The molecule has 9 N–H and O–H groups in total. The van der Waals surface area contributed by atoms with E-state index in [4.69, 9.17) is 11.5 Å². The van der Waals surface area contributed by atoms with E-state index in [9.17, 15) is 28.6 Å². The van der Waals surface area contributed by atoms with Crippen LogP contribution in [0.1, 0.15) is 35.3 Å². The molecule has 0 bridgehead atoms. The molecule has 4 rings (SSSR count). The van der Waals surface area contributed by atoms with E-state index in [1.807, 2.05) is 0 Å². The number of carbonyl (C=O) groups is 3. The number of amides is 2. The lowest BCUT2D eigenvalue weighted by Gasteiger charge is -2.35. The van der Waals surface area contributed by atoms with Gasteiger partial charge in [0.25, 0.3) is 5.91 Å². The van der Waals surface area contributed by atoms with Crippen LogP contribution >= 0.6 is 10.8 Å². The van der Waals surface area contributed by atoms with Gasteiger partial charge in [-0.1, -0.05) is 59.3 Å². The Labute approximate surface area is 249 Å². The van der Waals surface area contributed by atoms with Gasteiger partial charge in [0.2, 0.25) is 5.91 Å². The predicted molar refractivity (Wildman–Crippen MR) is 167 cm³/mol. The van der Waals surface area contributed by atoms with Gasteiger partial charge in [-0.25, -0.2) is 8.77 Å². The Balaban J connectivity index is 1.46. The van der Waals surface area contributed by atoms with Crippen LogP contribution < -0.4 is 22.1 Å².